The van der Waals surface area contributed by atoms with E-state index in [2.05, 4.69) is 20.8 Å². The molecule has 0 saturated carbocycles. The number of hydrogen-bond acceptors (Lipinski definition) is 11. The molecule has 14 heteroatoms. The summed E-state index contributed by atoms with van der Waals surface area (Å²) in [6.45, 7) is 0.436. The highest BCUT2D eigenvalue weighted by Crippen LogP contribution is 2.41. The van der Waals surface area contributed by atoms with E-state index in [9.17, 15) is 20.0 Å². The molecule has 6 rings (SSSR count). The second-order valence-electron chi connectivity index (χ2n) is 10.4. The van der Waals surface area contributed by atoms with Crippen molar-refractivity contribution in [1.29, 1.82) is 0 Å². The Kier molecular flexibility index (Phi) is 9.34. The maximum Gasteiger partial charge on any atom is 0.311 e. The molecule has 0 unspecified atom stereocenters. The number of carbonyl (C=O) groups excluding carboxylic acids is 1. The highest BCUT2D eigenvalue weighted by atomic mass is 32.2. The number of ether oxygens (including phenoxy) is 3. The van der Waals surface area contributed by atoms with Crippen LogP contribution in [0, 0.1) is 10.1 Å². The Balaban J connectivity index is 1.25. The molecule has 242 valence electrons. The van der Waals surface area contributed by atoms with Gasteiger partial charge in [0.05, 0.1) is 36.9 Å². The van der Waals surface area contributed by atoms with E-state index < -0.39 is 10.8 Å². The van der Waals surface area contributed by atoms with Crippen molar-refractivity contribution in [1.82, 2.24) is 20.2 Å². The van der Waals surface area contributed by atoms with Gasteiger partial charge in [0, 0.05) is 22.6 Å². The number of aromatic hydroxyl groups is 1. The molecule has 0 radical (unpaired) electrons. The van der Waals surface area contributed by atoms with Gasteiger partial charge in [0.15, 0.2) is 0 Å². The van der Waals surface area contributed by atoms with E-state index in [1.165, 1.54) is 37.1 Å². The molecule has 0 saturated heterocycles. The van der Waals surface area contributed by atoms with Crippen LogP contribution in [0.3, 0.4) is 0 Å². The largest absolute Gasteiger partial charge is 0.506 e. The number of nitro groups is 1. The number of nitro benzene ring substituents is 1. The number of methoxy groups -OCH3 is 2. The number of phenolic OH excluding ortho intramolecular Hbond substituents is 1. The van der Waals surface area contributed by atoms with Crippen LogP contribution in [0.5, 0.6) is 28.7 Å². The zero-order valence-corrected chi connectivity index (χ0v) is 26.5. The van der Waals surface area contributed by atoms with Gasteiger partial charge in [-0.05, 0) is 58.0 Å². The van der Waals surface area contributed by atoms with Gasteiger partial charge >= 0.3 is 5.69 Å². The molecule has 6 aromatic rings. The van der Waals surface area contributed by atoms with Crippen LogP contribution in [0.4, 0.5) is 11.4 Å². The van der Waals surface area contributed by atoms with Crippen LogP contribution in [0.2, 0.25) is 0 Å². The zero-order valence-electron chi connectivity index (χ0n) is 25.7. The summed E-state index contributed by atoms with van der Waals surface area (Å²) in [6.07, 6.45) is 0. The van der Waals surface area contributed by atoms with Crippen molar-refractivity contribution in [3.63, 3.8) is 0 Å². The van der Waals surface area contributed by atoms with Crippen LogP contribution in [0.25, 0.3) is 10.8 Å². The first-order valence-corrected chi connectivity index (χ1v) is 15.5. The highest BCUT2D eigenvalue weighted by Gasteiger charge is 2.23. The van der Waals surface area contributed by atoms with Gasteiger partial charge in [0.25, 0.3) is 5.91 Å². The Morgan fingerprint density at radius 1 is 0.896 bits per heavy atom. The minimum absolute atomic E-state index is 0.0370. The van der Waals surface area contributed by atoms with Gasteiger partial charge in [-0.1, -0.05) is 66.4 Å². The molecule has 1 amide bonds. The summed E-state index contributed by atoms with van der Waals surface area (Å²) in [5.74, 6) is 0.754. The normalized spacial score (nSPS) is 10.9. The van der Waals surface area contributed by atoms with E-state index in [0.717, 1.165) is 11.3 Å². The Morgan fingerprint density at radius 3 is 2.38 bits per heavy atom. The summed E-state index contributed by atoms with van der Waals surface area (Å²) in [7, 11) is 3.08. The average molecular weight is 665 g/mol. The van der Waals surface area contributed by atoms with Gasteiger partial charge in [0.2, 0.25) is 10.9 Å². The number of anilines is 1. The first-order chi connectivity index (χ1) is 23.3. The number of nitrogens with one attached hydrogen (secondary N) is 1. The number of tetrazole rings is 1. The number of hydrogen-bond donors (Lipinski definition) is 2. The lowest BCUT2D eigenvalue weighted by Gasteiger charge is -2.15. The van der Waals surface area contributed by atoms with Gasteiger partial charge in [0.1, 0.15) is 23.0 Å². The number of amides is 1. The minimum atomic E-state index is -0.621. The zero-order chi connectivity index (χ0) is 33.6. The Morgan fingerprint density at radius 2 is 1.62 bits per heavy atom. The molecule has 5 aromatic carbocycles. The predicted octanol–water partition coefficient (Wildman–Crippen LogP) is 6.84. The summed E-state index contributed by atoms with van der Waals surface area (Å²) in [6, 6.07) is 27.2. The molecule has 0 aliphatic heterocycles. The molecule has 0 aliphatic carbocycles. The summed E-state index contributed by atoms with van der Waals surface area (Å²) in [5.41, 5.74) is 1.66. The third-order valence-corrected chi connectivity index (χ3v) is 8.40. The quantitative estimate of drug-likeness (QED) is 0.0799. The van der Waals surface area contributed by atoms with E-state index in [4.69, 9.17) is 14.2 Å². The van der Waals surface area contributed by atoms with Gasteiger partial charge in [-0.25, -0.2) is 4.68 Å². The number of carbonyl (C=O) groups is 1. The number of fused-ring (bicyclic) bond motifs is 1. The minimum Gasteiger partial charge on any atom is -0.506 e. The number of rotatable bonds is 12. The first-order valence-electron chi connectivity index (χ1n) is 14.5. The van der Waals surface area contributed by atoms with Crippen LogP contribution in [0.1, 0.15) is 21.5 Å². The van der Waals surface area contributed by atoms with E-state index in [-0.39, 0.29) is 28.5 Å². The second-order valence-corrected chi connectivity index (χ2v) is 11.3. The predicted molar refractivity (Wildman–Crippen MR) is 179 cm³/mol. The molecule has 1 heterocycles. The lowest BCUT2D eigenvalue weighted by atomic mass is 10.0. The third-order valence-electron chi connectivity index (χ3n) is 7.38. The van der Waals surface area contributed by atoms with E-state index in [0.29, 0.717) is 45.2 Å². The van der Waals surface area contributed by atoms with E-state index in [1.807, 2.05) is 24.3 Å². The fraction of sp³-hybridized carbons (Fsp3) is 0.118. The van der Waals surface area contributed by atoms with Crippen molar-refractivity contribution in [2.45, 2.75) is 17.5 Å². The second kappa shape index (κ2) is 14.1. The summed E-state index contributed by atoms with van der Waals surface area (Å²) >= 11 is 1.33. The molecular formula is C34H28N6O7S. The number of thioether (sulfide) groups is 1. The SMILES string of the molecule is COc1ccc(Cn2nnnc2SCc2ccc(Oc3cc(C(=O)Nc4ccccc4OC)c(O)c4ccccc34)c([N+](=O)[O-])c2)cc1. The highest BCUT2D eigenvalue weighted by molar-refractivity contribution is 7.98. The molecule has 13 nitrogen and oxygen atoms in total. The van der Waals surface area contributed by atoms with Crippen molar-refractivity contribution in [2.75, 3.05) is 19.5 Å². The molecular weight excluding hydrogens is 636 g/mol. The lowest BCUT2D eigenvalue weighted by Crippen LogP contribution is -2.13. The maximum absolute atomic E-state index is 13.4. The smallest absolute Gasteiger partial charge is 0.311 e. The number of aromatic nitrogens is 4. The maximum atomic E-state index is 13.4. The number of phenols is 1. The fourth-order valence-electron chi connectivity index (χ4n) is 4.97. The summed E-state index contributed by atoms with van der Waals surface area (Å²) < 4.78 is 18.3. The molecule has 2 N–H and O–H groups in total. The van der Waals surface area contributed by atoms with Crippen LogP contribution >= 0.6 is 11.8 Å². The van der Waals surface area contributed by atoms with Gasteiger partial charge in [-0.2, -0.15) is 0 Å². The van der Waals surface area contributed by atoms with Crippen molar-refractivity contribution in [2.24, 2.45) is 0 Å². The van der Waals surface area contributed by atoms with Crippen LogP contribution in [-0.4, -0.2) is 50.4 Å². The van der Waals surface area contributed by atoms with Crippen molar-refractivity contribution < 1.29 is 29.0 Å². The van der Waals surface area contributed by atoms with Crippen LogP contribution < -0.4 is 19.5 Å². The third kappa shape index (κ3) is 6.83. The molecule has 0 atom stereocenters. The molecule has 1 aromatic heterocycles. The van der Waals surface area contributed by atoms with Gasteiger partial charge in [-0.3, -0.25) is 14.9 Å². The van der Waals surface area contributed by atoms with Crippen molar-refractivity contribution in [3.8, 4) is 28.7 Å². The molecule has 48 heavy (non-hydrogen) atoms. The molecule has 0 bridgehead atoms. The average Bonchev–Trinajstić information content (AvgIpc) is 3.56. The monoisotopic (exact) mass is 664 g/mol. The molecule has 0 spiro atoms. The van der Waals surface area contributed by atoms with Gasteiger partial charge < -0.3 is 24.6 Å². The van der Waals surface area contributed by atoms with Crippen molar-refractivity contribution >= 4 is 39.8 Å². The fourth-order valence-corrected chi connectivity index (χ4v) is 5.79. The standard InChI is InChI=1S/C34H28N6O7S/c1-45-23-14-11-21(12-15-23)19-39-34(36-37-38-39)48-20-22-13-16-30(28(17-22)40(43)44)47-31-18-26(32(41)25-8-4-3-7-24(25)31)33(42)35-27-9-5-6-10-29(27)46-2/h3-18,41H,19-20H2,1-2H3,(H,35,42). The summed E-state index contributed by atoms with van der Waals surface area (Å²) in [4.78, 5) is 25.1. The Labute approximate surface area is 278 Å². The first kappa shape index (κ1) is 31.8. The van der Waals surface area contributed by atoms with Crippen molar-refractivity contribution in [3.05, 3.63) is 124 Å². The number of nitrogens with zero attached hydrogens (tertiary/aromatic N) is 5. The number of para-hydroxylation sites is 2. The van der Waals surface area contributed by atoms with Crippen LogP contribution in [-0.2, 0) is 12.3 Å². The Bertz CT molecular complexity index is 2120. The molecule has 0 aliphatic rings. The van der Waals surface area contributed by atoms with E-state index >= 15 is 0 Å². The lowest BCUT2D eigenvalue weighted by molar-refractivity contribution is -0.385. The topological polar surface area (TPSA) is 164 Å². The van der Waals surface area contributed by atoms with Crippen LogP contribution in [0.15, 0.2) is 102 Å². The molecule has 0 fully saturated rings. The van der Waals surface area contributed by atoms with Gasteiger partial charge in [-0.15, -0.1) is 5.10 Å². The Hall–Kier alpha value is -6.15. The number of benzene rings is 5. The summed E-state index contributed by atoms with van der Waals surface area (Å²) in [5, 5.41) is 39.4. The van der Waals surface area contributed by atoms with E-state index in [1.54, 1.807) is 66.4 Å².